The molecule has 0 aromatic carbocycles. The molecule has 0 aliphatic rings. The molecule has 0 aromatic rings. The van der Waals surface area contributed by atoms with Crippen LogP contribution in [0.5, 0.6) is 0 Å². The normalized spacial score (nSPS) is 11.5. The van der Waals surface area contributed by atoms with Gasteiger partial charge in [-0.1, -0.05) is 0 Å². The van der Waals surface area contributed by atoms with Gasteiger partial charge in [-0.2, -0.15) is 0 Å². The van der Waals surface area contributed by atoms with E-state index >= 15 is 0 Å². The molecule has 0 fully saturated rings. The number of hydrogen-bond donors (Lipinski definition) is 0. The largest absolute Gasteiger partial charge is 0.375 e. The van der Waals surface area contributed by atoms with Crippen molar-refractivity contribution in [3.8, 4) is 0 Å². The average molecular weight is 144 g/mol. The van der Waals surface area contributed by atoms with Gasteiger partial charge in [0.05, 0.1) is 18.6 Å². The van der Waals surface area contributed by atoms with Gasteiger partial charge in [-0.05, 0) is 20.8 Å². The average Bonchev–Trinajstić information content (AvgIpc) is 1.59. The minimum Gasteiger partial charge on any atom is -0.375 e. The molecule has 0 saturated carbocycles. The molecule has 0 heterocycles. The fraction of sp³-hybridized carbons (Fsp3) is 0.857. The monoisotopic (exact) mass is 144 g/mol. The van der Waals surface area contributed by atoms with Gasteiger partial charge in [0.15, 0.2) is 0 Å². The summed E-state index contributed by atoms with van der Waals surface area (Å²) in [5, 5.41) is 0. The summed E-state index contributed by atoms with van der Waals surface area (Å²) in [7, 11) is 0. The Labute approximate surface area is 61.5 Å². The Hall–Kier alpha value is -0.570. The number of hydrogen-bond acceptors (Lipinski definition) is 2. The van der Waals surface area contributed by atoms with Gasteiger partial charge >= 0.3 is 0 Å². The van der Waals surface area contributed by atoms with Crippen LogP contribution in [0.4, 0.5) is 0 Å². The van der Waals surface area contributed by atoms with Crippen LogP contribution in [0.3, 0.4) is 0 Å². The SMILES string of the molecule is CC(C)(C)OCCC([NH])=O. The van der Waals surface area contributed by atoms with Crippen molar-refractivity contribution in [2.45, 2.75) is 32.8 Å². The zero-order valence-corrected chi connectivity index (χ0v) is 6.73. The first-order valence-corrected chi connectivity index (χ1v) is 3.30. The summed E-state index contributed by atoms with van der Waals surface area (Å²) in [4.78, 5) is 10.1. The van der Waals surface area contributed by atoms with Gasteiger partial charge in [0.1, 0.15) is 0 Å². The summed E-state index contributed by atoms with van der Waals surface area (Å²) in [6, 6.07) is 0. The summed E-state index contributed by atoms with van der Waals surface area (Å²) < 4.78 is 5.20. The summed E-state index contributed by atoms with van der Waals surface area (Å²) in [6.45, 7) is 6.11. The molecule has 3 nitrogen and oxygen atoms in total. The lowest BCUT2D eigenvalue weighted by molar-refractivity contribution is -0.120. The second kappa shape index (κ2) is 3.56. The first-order chi connectivity index (χ1) is 4.42. The number of carbonyl (C=O) groups is 1. The third-order valence-electron chi connectivity index (χ3n) is 0.864. The van der Waals surface area contributed by atoms with Crippen LogP contribution in [0.15, 0.2) is 0 Å². The molecular formula is C7H14NO2. The fourth-order valence-electron chi connectivity index (χ4n) is 0.450. The Bertz CT molecular complexity index is 115. The Balaban J connectivity index is 3.29. The van der Waals surface area contributed by atoms with Gasteiger partial charge in [0, 0.05) is 0 Å². The van der Waals surface area contributed by atoms with Crippen molar-refractivity contribution in [1.29, 1.82) is 0 Å². The summed E-state index contributed by atoms with van der Waals surface area (Å²) >= 11 is 0. The quantitative estimate of drug-likeness (QED) is 0.593. The molecule has 0 atom stereocenters. The highest BCUT2D eigenvalue weighted by atomic mass is 16.5. The van der Waals surface area contributed by atoms with Gasteiger partial charge in [0.25, 0.3) is 0 Å². The smallest absolute Gasteiger partial charge is 0.240 e. The topological polar surface area (TPSA) is 50.1 Å². The van der Waals surface area contributed by atoms with E-state index in [1.54, 1.807) is 0 Å². The highest BCUT2D eigenvalue weighted by molar-refractivity contribution is 5.72. The van der Waals surface area contributed by atoms with Crippen molar-refractivity contribution >= 4 is 5.91 Å². The minimum atomic E-state index is -0.566. The van der Waals surface area contributed by atoms with E-state index in [2.05, 4.69) is 0 Å². The van der Waals surface area contributed by atoms with Crippen LogP contribution < -0.4 is 5.73 Å². The molecular weight excluding hydrogens is 130 g/mol. The lowest BCUT2D eigenvalue weighted by atomic mass is 10.2. The summed E-state index contributed by atoms with van der Waals surface area (Å²) in [6.07, 6.45) is 0.192. The van der Waals surface area contributed by atoms with Crippen LogP contribution >= 0.6 is 0 Å². The van der Waals surface area contributed by atoms with E-state index in [0.717, 1.165) is 0 Å². The first-order valence-electron chi connectivity index (χ1n) is 3.30. The van der Waals surface area contributed by atoms with E-state index in [1.165, 1.54) is 0 Å². The van der Waals surface area contributed by atoms with Crippen molar-refractivity contribution in [3.05, 3.63) is 0 Å². The molecule has 0 spiro atoms. The molecule has 59 valence electrons. The Kier molecular flexibility index (Phi) is 3.36. The molecule has 0 bridgehead atoms. The number of rotatable bonds is 3. The van der Waals surface area contributed by atoms with E-state index in [0.29, 0.717) is 6.61 Å². The minimum absolute atomic E-state index is 0.192. The molecule has 0 rings (SSSR count). The lowest BCUT2D eigenvalue weighted by Gasteiger charge is -2.18. The van der Waals surface area contributed by atoms with Crippen LogP contribution in [0.25, 0.3) is 0 Å². The van der Waals surface area contributed by atoms with Crippen molar-refractivity contribution in [2.75, 3.05) is 6.61 Å². The second-order valence-electron chi connectivity index (χ2n) is 3.13. The predicted octanol–water partition coefficient (Wildman–Crippen LogP) is 1.00. The molecule has 3 heteroatoms. The highest BCUT2D eigenvalue weighted by Gasteiger charge is 2.09. The standard InChI is InChI=1S/C7H14NO2/c1-7(2,3)10-5-4-6(8)9/h8H,4-5H2,1-3H3. The van der Waals surface area contributed by atoms with Gasteiger partial charge in [-0.15, -0.1) is 0 Å². The molecule has 0 unspecified atom stereocenters. The van der Waals surface area contributed by atoms with Crippen LogP contribution in [-0.4, -0.2) is 18.1 Å². The maximum Gasteiger partial charge on any atom is 0.240 e. The summed E-state index contributed by atoms with van der Waals surface area (Å²) in [5.41, 5.74) is 6.37. The first kappa shape index (κ1) is 9.43. The molecule has 0 aliphatic carbocycles. The van der Waals surface area contributed by atoms with Crippen LogP contribution in [0.2, 0.25) is 0 Å². The molecule has 1 amide bonds. The molecule has 0 aromatic heterocycles. The van der Waals surface area contributed by atoms with Crippen molar-refractivity contribution < 1.29 is 9.53 Å². The van der Waals surface area contributed by atoms with Crippen LogP contribution in [0.1, 0.15) is 27.2 Å². The summed E-state index contributed by atoms with van der Waals surface area (Å²) in [5.74, 6) is -0.566. The van der Waals surface area contributed by atoms with E-state index in [9.17, 15) is 4.79 Å². The van der Waals surface area contributed by atoms with E-state index in [4.69, 9.17) is 10.5 Å². The zero-order valence-electron chi connectivity index (χ0n) is 6.73. The van der Waals surface area contributed by atoms with Crippen LogP contribution in [-0.2, 0) is 9.53 Å². The van der Waals surface area contributed by atoms with Gasteiger partial charge < -0.3 is 4.74 Å². The van der Waals surface area contributed by atoms with E-state index < -0.39 is 5.91 Å². The Morgan fingerprint density at radius 2 is 2.00 bits per heavy atom. The number of amides is 1. The maximum atomic E-state index is 10.1. The maximum absolute atomic E-state index is 10.1. The van der Waals surface area contributed by atoms with Gasteiger partial charge in [0.2, 0.25) is 5.91 Å². The molecule has 0 aliphatic heterocycles. The Morgan fingerprint density at radius 3 is 2.30 bits per heavy atom. The predicted molar refractivity (Wildman–Crippen MR) is 38.4 cm³/mol. The fourth-order valence-corrected chi connectivity index (χ4v) is 0.450. The number of ether oxygens (including phenoxy) is 1. The lowest BCUT2D eigenvalue weighted by Crippen LogP contribution is -2.21. The van der Waals surface area contributed by atoms with Gasteiger partial charge in [-0.25, -0.2) is 0 Å². The zero-order chi connectivity index (χ0) is 8.20. The van der Waals surface area contributed by atoms with E-state index in [1.807, 2.05) is 20.8 Å². The number of nitrogens with one attached hydrogen (secondary N) is 1. The Morgan fingerprint density at radius 1 is 1.50 bits per heavy atom. The molecule has 1 radical (unpaired) electrons. The van der Waals surface area contributed by atoms with Crippen molar-refractivity contribution in [3.63, 3.8) is 0 Å². The van der Waals surface area contributed by atoms with Gasteiger partial charge in [-0.3, -0.25) is 10.5 Å². The highest BCUT2D eigenvalue weighted by Crippen LogP contribution is 2.06. The third kappa shape index (κ3) is 7.43. The van der Waals surface area contributed by atoms with E-state index in [-0.39, 0.29) is 12.0 Å². The van der Waals surface area contributed by atoms with Crippen molar-refractivity contribution in [2.24, 2.45) is 0 Å². The molecule has 10 heavy (non-hydrogen) atoms. The van der Waals surface area contributed by atoms with Crippen LogP contribution in [0, 0.1) is 0 Å². The molecule has 0 saturated heterocycles. The second-order valence-corrected chi connectivity index (χ2v) is 3.13. The third-order valence-corrected chi connectivity index (χ3v) is 0.864. The molecule has 1 N–H and O–H groups in total. The van der Waals surface area contributed by atoms with Crippen molar-refractivity contribution in [1.82, 2.24) is 5.73 Å². The number of carbonyl (C=O) groups excluding carboxylic acids is 1.